The van der Waals surface area contributed by atoms with E-state index in [4.69, 9.17) is 4.74 Å². The number of aromatic amines is 1. The van der Waals surface area contributed by atoms with Crippen LogP contribution in [0.2, 0.25) is 0 Å². The van der Waals surface area contributed by atoms with Crippen molar-refractivity contribution in [2.24, 2.45) is 5.92 Å². The summed E-state index contributed by atoms with van der Waals surface area (Å²) >= 11 is 0. The Morgan fingerprint density at radius 1 is 1.13 bits per heavy atom. The van der Waals surface area contributed by atoms with Crippen LogP contribution < -0.4 is 10.1 Å². The van der Waals surface area contributed by atoms with Gasteiger partial charge >= 0.3 is 0 Å². The number of amides is 1. The van der Waals surface area contributed by atoms with Crippen molar-refractivity contribution < 1.29 is 13.9 Å². The molecule has 1 aliphatic carbocycles. The molecule has 0 spiro atoms. The van der Waals surface area contributed by atoms with Crippen molar-refractivity contribution in [3.8, 4) is 17.0 Å². The van der Waals surface area contributed by atoms with Gasteiger partial charge in [-0.15, -0.1) is 5.10 Å². The largest absolute Gasteiger partial charge is 0.493 e. The summed E-state index contributed by atoms with van der Waals surface area (Å²) in [5.74, 6) is 0.275. The van der Waals surface area contributed by atoms with Gasteiger partial charge in [0.15, 0.2) is 5.65 Å². The lowest BCUT2D eigenvalue weighted by Gasteiger charge is -2.10. The van der Waals surface area contributed by atoms with E-state index in [1.165, 1.54) is 25.0 Å². The quantitative estimate of drug-likeness (QED) is 0.503. The fourth-order valence-electron chi connectivity index (χ4n) is 3.09. The zero-order valence-electron chi connectivity index (χ0n) is 15.9. The second-order valence-electron chi connectivity index (χ2n) is 7.30. The van der Waals surface area contributed by atoms with Crippen LogP contribution in [-0.4, -0.2) is 32.9 Å². The minimum atomic E-state index is -0.607. The predicted octanol–water partition coefficient (Wildman–Crippen LogP) is 4.20. The maximum atomic E-state index is 14.4. The van der Waals surface area contributed by atoms with Crippen LogP contribution in [0.15, 0.2) is 54.6 Å². The maximum absolute atomic E-state index is 14.4. The van der Waals surface area contributed by atoms with Gasteiger partial charge in [0.1, 0.15) is 17.1 Å². The number of hydrogen-bond donors (Lipinski definition) is 2. The predicted molar refractivity (Wildman–Crippen MR) is 110 cm³/mol. The van der Waals surface area contributed by atoms with Gasteiger partial charge in [-0.05, 0) is 73.4 Å². The zero-order valence-corrected chi connectivity index (χ0v) is 15.9. The number of aromatic nitrogens is 4. The number of halogens is 1. The van der Waals surface area contributed by atoms with Crippen molar-refractivity contribution in [2.45, 2.75) is 12.8 Å². The number of carbonyl (C=O) groups is 1. The van der Waals surface area contributed by atoms with E-state index in [1.807, 2.05) is 0 Å². The molecule has 2 aromatic heterocycles. The average Bonchev–Trinajstić information content (AvgIpc) is 3.48. The highest BCUT2D eigenvalue weighted by atomic mass is 19.1. The third kappa shape index (κ3) is 3.84. The monoisotopic (exact) mass is 403 g/mol. The lowest BCUT2D eigenvalue weighted by atomic mass is 10.1. The van der Waals surface area contributed by atoms with Gasteiger partial charge in [0, 0.05) is 11.3 Å². The average molecular weight is 403 g/mol. The van der Waals surface area contributed by atoms with Crippen LogP contribution in [0.3, 0.4) is 0 Å². The number of carbonyl (C=O) groups excluding carboxylic acids is 1. The van der Waals surface area contributed by atoms with Crippen molar-refractivity contribution in [3.05, 3.63) is 66.0 Å². The van der Waals surface area contributed by atoms with Crippen molar-refractivity contribution in [1.29, 1.82) is 0 Å². The van der Waals surface area contributed by atoms with Crippen LogP contribution in [-0.2, 0) is 0 Å². The number of ether oxygens (including phenoxy) is 1. The van der Waals surface area contributed by atoms with E-state index >= 15 is 0 Å². The number of anilines is 1. The summed E-state index contributed by atoms with van der Waals surface area (Å²) in [5.41, 5.74) is 2.84. The molecule has 1 fully saturated rings. The Hall–Kier alpha value is -3.81. The summed E-state index contributed by atoms with van der Waals surface area (Å²) in [6.07, 6.45) is 2.45. The molecule has 4 aromatic rings. The van der Waals surface area contributed by atoms with E-state index in [0.29, 0.717) is 34.0 Å². The Labute approximate surface area is 171 Å². The van der Waals surface area contributed by atoms with Crippen molar-refractivity contribution in [3.63, 3.8) is 0 Å². The molecular formula is C22H18FN5O2. The summed E-state index contributed by atoms with van der Waals surface area (Å²) in [4.78, 5) is 17.1. The Bertz CT molecular complexity index is 1220. The van der Waals surface area contributed by atoms with E-state index in [2.05, 4.69) is 25.7 Å². The first-order valence-electron chi connectivity index (χ1n) is 9.68. The molecule has 0 aliphatic heterocycles. The van der Waals surface area contributed by atoms with Crippen LogP contribution in [0.1, 0.15) is 23.2 Å². The van der Waals surface area contributed by atoms with Gasteiger partial charge in [-0.1, -0.05) is 5.21 Å². The molecule has 2 aromatic carbocycles. The van der Waals surface area contributed by atoms with E-state index in [9.17, 15) is 9.18 Å². The number of rotatable bonds is 6. The molecule has 150 valence electrons. The number of nitrogens with zero attached hydrogens (tertiary/aromatic N) is 3. The topological polar surface area (TPSA) is 92.8 Å². The highest BCUT2D eigenvalue weighted by Gasteiger charge is 2.21. The van der Waals surface area contributed by atoms with Gasteiger partial charge in [-0.2, -0.15) is 0 Å². The summed E-state index contributed by atoms with van der Waals surface area (Å²) in [6.45, 7) is 0.720. The van der Waals surface area contributed by atoms with E-state index in [0.717, 1.165) is 12.4 Å². The molecule has 30 heavy (non-hydrogen) atoms. The maximum Gasteiger partial charge on any atom is 0.258 e. The zero-order chi connectivity index (χ0) is 20.5. The fourth-order valence-corrected chi connectivity index (χ4v) is 3.09. The molecule has 1 saturated carbocycles. The molecule has 0 radical (unpaired) electrons. The van der Waals surface area contributed by atoms with Crippen LogP contribution in [0, 0.1) is 11.7 Å². The number of benzene rings is 2. The molecule has 2 N–H and O–H groups in total. The van der Waals surface area contributed by atoms with Crippen LogP contribution in [0.4, 0.5) is 10.1 Å². The molecule has 1 aliphatic rings. The molecule has 0 bridgehead atoms. The third-order valence-corrected chi connectivity index (χ3v) is 4.99. The van der Waals surface area contributed by atoms with Gasteiger partial charge in [-0.3, -0.25) is 4.79 Å². The Morgan fingerprint density at radius 2 is 1.97 bits per heavy atom. The minimum absolute atomic E-state index is 0.0637. The third-order valence-electron chi connectivity index (χ3n) is 4.99. The Balaban J connectivity index is 1.33. The SMILES string of the molecule is O=C(Nc1ccc(OCC2CC2)cc1)c1cc(-c2ccc3nn[nH]c3n2)ccc1F. The van der Waals surface area contributed by atoms with Crippen LogP contribution in [0.5, 0.6) is 5.75 Å². The highest BCUT2D eigenvalue weighted by Crippen LogP contribution is 2.30. The smallest absolute Gasteiger partial charge is 0.258 e. The summed E-state index contributed by atoms with van der Waals surface area (Å²) in [6, 6.07) is 14.9. The fraction of sp³-hybridized carbons (Fsp3) is 0.182. The van der Waals surface area contributed by atoms with Crippen molar-refractivity contribution in [2.75, 3.05) is 11.9 Å². The van der Waals surface area contributed by atoms with E-state index in [-0.39, 0.29) is 5.56 Å². The molecule has 1 amide bonds. The summed E-state index contributed by atoms with van der Waals surface area (Å²) < 4.78 is 20.1. The van der Waals surface area contributed by atoms with Gasteiger partial charge < -0.3 is 10.1 Å². The first kappa shape index (κ1) is 18.2. The summed E-state index contributed by atoms with van der Waals surface area (Å²) in [5, 5.41) is 13.0. The van der Waals surface area contributed by atoms with Crippen molar-refractivity contribution >= 4 is 22.8 Å². The van der Waals surface area contributed by atoms with Gasteiger partial charge in [0.25, 0.3) is 5.91 Å². The highest BCUT2D eigenvalue weighted by molar-refractivity contribution is 6.05. The number of nitrogens with one attached hydrogen (secondary N) is 2. The second kappa shape index (κ2) is 7.55. The number of pyridine rings is 1. The molecule has 0 unspecified atom stereocenters. The minimum Gasteiger partial charge on any atom is -0.493 e. The molecule has 2 heterocycles. The van der Waals surface area contributed by atoms with Gasteiger partial charge in [-0.25, -0.2) is 14.5 Å². The first-order chi connectivity index (χ1) is 14.7. The molecular weight excluding hydrogens is 385 g/mol. The lowest BCUT2D eigenvalue weighted by molar-refractivity contribution is 0.102. The molecule has 0 atom stereocenters. The molecule has 0 saturated heterocycles. The second-order valence-corrected chi connectivity index (χ2v) is 7.30. The lowest BCUT2D eigenvalue weighted by Crippen LogP contribution is -2.14. The Kier molecular flexibility index (Phi) is 4.59. The van der Waals surface area contributed by atoms with Crippen LogP contribution >= 0.6 is 0 Å². The molecule has 7 nitrogen and oxygen atoms in total. The molecule has 8 heteroatoms. The van der Waals surface area contributed by atoms with Crippen LogP contribution in [0.25, 0.3) is 22.4 Å². The molecule has 5 rings (SSSR count). The Morgan fingerprint density at radius 3 is 2.77 bits per heavy atom. The number of H-pyrrole nitrogens is 1. The normalized spacial score (nSPS) is 13.4. The standard InChI is InChI=1S/C22H18FN5O2/c23-18-8-3-14(19-9-10-20-21(25-19)27-28-26-20)11-17(18)22(29)24-15-4-6-16(7-5-15)30-12-13-1-2-13/h3-11,13H,1-2,12H2,(H,24,29)(H,25,26,27,28). The number of fused-ring (bicyclic) bond motifs is 1. The van der Waals surface area contributed by atoms with Gasteiger partial charge in [0.2, 0.25) is 0 Å². The van der Waals surface area contributed by atoms with E-state index in [1.54, 1.807) is 42.5 Å². The summed E-state index contributed by atoms with van der Waals surface area (Å²) in [7, 11) is 0. The van der Waals surface area contributed by atoms with E-state index < -0.39 is 11.7 Å². The van der Waals surface area contributed by atoms with Crippen molar-refractivity contribution in [1.82, 2.24) is 20.4 Å². The number of hydrogen-bond acceptors (Lipinski definition) is 5. The first-order valence-corrected chi connectivity index (χ1v) is 9.68. The van der Waals surface area contributed by atoms with Gasteiger partial charge in [0.05, 0.1) is 17.9 Å².